The van der Waals surface area contributed by atoms with E-state index >= 15 is 0 Å². The molecule has 0 atom stereocenters. The molecule has 0 heterocycles. The van der Waals surface area contributed by atoms with Gasteiger partial charge in [0.05, 0.1) is 0 Å². The molecule has 144 valence electrons. The largest absolute Gasteiger partial charge is 0.356 e. The second kappa shape index (κ2) is 11.0. The van der Waals surface area contributed by atoms with Crippen molar-refractivity contribution >= 4 is 11.9 Å². The minimum Gasteiger partial charge on any atom is -0.356 e. The first-order valence-corrected chi connectivity index (χ1v) is 9.18. The first kappa shape index (κ1) is 20.4. The maximum absolute atomic E-state index is 13.2. The Morgan fingerprint density at radius 2 is 1.78 bits per heavy atom. The third-order valence-corrected chi connectivity index (χ3v) is 4.00. The SMILES string of the molecule is CCCNC(=O)c1cccc(CNC(=NC)NCCc2cccc(F)c2)c1. The van der Waals surface area contributed by atoms with E-state index in [0.717, 1.165) is 17.5 Å². The number of hydrogen-bond acceptors (Lipinski definition) is 2. The van der Waals surface area contributed by atoms with Crippen molar-refractivity contribution in [1.29, 1.82) is 0 Å². The summed E-state index contributed by atoms with van der Waals surface area (Å²) >= 11 is 0. The number of carbonyl (C=O) groups excluding carboxylic acids is 1. The highest BCUT2D eigenvalue weighted by molar-refractivity contribution is 5.94. The molecule has 0 saturated heterocycles. The smallest absolute Gasteiger partial charge is 0.251 e. The van der Waals surface area contributed by atoms with Gasteiger partial charge in [0.25, 0.3) is 5.91 Å². The summed E-state index contributed by atoms with van der Waals surface area (Å²) in [5.74, 6) is 0.376. The summed E-state index contributed by atoms with van der Waals surface area (Å²) in [6.45, 7) is 3.88. The van der Waals surface area contributed by atoms with Gasteiger partial charge in [-0.25, -0.2) is 4.39 Å². The van der Waals surface area contributed by atoms with Crippen LogP contribution in [-0.2, 0) is 13.0 Å². The van der Waals surface area contributed by atoms with E-state index < -0.39 is 0 Å². The Balaban J connectivity index is 1.82. The summed E-state index contributed by atoms with van der Waals surface area (Å²) < 4.78 is 13.2. The van der Waals surface area contributed by atoms with Crippen LogP contribution in [-0.4, -0.2) is 32.0 Å². The second-order valence-corrected chi connectivity index (χ2v) is 6.19. The molecule has 0 spiro atoms. The summed E-state index contributed by atoms with van der Waals surface area (Å²) in [6, 6.07) is 14.1. The summed E-state index contributed by atoms with van der Waals surface area (Å²) in [6.07, 6.45) is 1.61. The number of carbonyl (C=O) groups is 1. The third-order valence-electron chi connectivity index (χ3n) is 4.00. The topological polar surface area (TPSA) is 65.5 Å². The molecular formula is C21H27FN4O. The van der Waals surface area contributed by atoms with Crippen molar-refractivity contribution in [2.75, 3.05) is 20.1 Å². The lowest BCUT2D eigenvalue weighted by atomic mass is 10.1. The van der Waals surface area contributed by atoms with Crippen molar-refractivity contribution in [3.8, 4) is 0 Å². The first-order valence-electron chi connectivity index (χ1n) is 9.18. The van der Waals surface area contributed by atoms with Crippen LogP contribution < -0.4 is 16.0 Å². The fourth-order valence-electron chi connectivity index (χ4n) is 2.59. The van der Waals surface area contributed by atoms with Crippen molar-refractivity contribution < 1.29 is 9.18 Å². The molecule has 0 aliphatic carbocycles. The maximum Gasteiger partial charge on any atom is 0.251 e. The van der Waals surface area contributed by atoms with Gasteiger partial charge in [0.1, 0.15) is 5.82 Å². The highest BCUT2D eigenvalue weighted by Crippen LogP contribution is 2.06. The fraction of sp³-hybridized carbons (Fsp3) is 0.333. The van der Waals surface area contributed by atoms with E-state index in [0.29, 0.717) is 37.6 Å². The van der Waals surface area contributed by atoms with Gasteiger partial charge in [-0.2, -0.15) is 0 Å². The zero-order valence-corrected chi connectivity index (χ0v) is 15.9. The highest BCUT2D eigenvalue weighted by Gasteiger charge is 2.06. The molecule has 0 unspecified atom stereocenters. The molecule has 27 heavy (non-hydrogen) atoms. The molecule has 2 aromatic carbocycles. The van der Waals surface area contributed by atoms with Crippen molar-refractivity contribution in [2.24, 2.45) is 4.99 Å². The van der Waals surface area contributed by atoms with E-state index in [1.54, 1.807) is 19.2 Å². The number of rotatable bonds is 8. The van der Waals surface area contributed by atoms with Crippen LogP contribution in [0, 0.1) is 5.82 Å². The Bertz CT molecular complexity index is 776. The van der Waals surface area contributed by atoms with Crippen LogP contribution in [0.3, 0.4) is 0 Å². The third kappa shape index (κ3) is 7.09. The number of nitrogens with zero attached hydrogens (tertiary/aromatic N) is 1. The lowest BCUT2D eigenvalue weighted by Crippen LogP contribution is -2.37. The van der Waals surface area contributed by atoms with Crippen molar-refractivity contribution in [2.45, 2.75) is 26.3 Å². The lowest BCUT2D eigenvalue weighted by Gasteiger charge is -2.12. The predicted octanol–water partition coefficient (Wildman–Crippen LogP) is 2.87. The van der Waals surface area contributed by atoms with Gasteiger partial charge >= 0.3 is 0 Å². The molecule has 0 saturated carbocycles. The van der Waals surface area contributed by atoms with Gasteiger partial charge in [-0.15, -0.1) is 0 Å². The molecule has 2 rings (SSSR count). The number of amides is 1. The Kier molecular flexibility index (Phi) is 8.29. The second-order valence-electron chi connectivity index (χ2n) is 6.19. The van der Waals surface area contributed by atoms with E-state index in [1.807, 2.05) is 31.2 Å². The number of nitrogens with one attached hydrogen (secondary N) is 3. The Labute approximate surface area is 160 Å². The molecule has 0 bridgehead atoms. The fourth-order valence-corrected chi connectivity index (χ4v) is 2.59. The standard InChI is InChI=1S/C21H27FN4O/c1-3-11-24-20(27)18-8-4-7-17(13-18)15-26-21(23-2)25-12-10-16-6-5-9-19(22)14-16/h4-9,13-14H,3,10-12,15H2,1-2H3,(H,24,27)(H2,23,25,26). The Morgan fingerprint density at radius 3 is 2.52 bits per heavy atom. The Morgan fingerprint density at radius 1 is 1.00 bits per heavy atom. The number of benzene rings is 2. The molecule has 0 aromatic heterocycles. The van der Waals surface area contributed by atoms with Crippen molar-refractivity contribution in [3.05, 3.63) is 71.0 Å². The van der Waals surface area contributed by atoms with E-state index in [4.69, 9.17) is 0 Å². The number of aliphatic imine (C=N–C) groups is 1. The monoisotopic (exact) mass is 370 g/mol. The molecule has 0 fully saturated rings. The van der Waals surface area contributed by atoms with Crippen LogP contribution in [0.2, 0.25) is 0 Å². The molecule has 0 aliphatic rings. The average molecular weight is 370 g/mol. The van der Waals surface area contributed by atoms with Gasteiger partial charge in [-0.3, -0.25) is 9.79 Å². The summed E-state index contributed by atoms with van der Waals surface area (Å²) in [5.41, 5.74) is 2.58. The van der Waals surface area contributed by atoms with Crippen LogP contribution >= 0.6 is 0 Å². The maximum atomic E-state index is 13.2. The van der Waals surface area contributed by atoms with Crippen LogP contribution in [0.4, 0.5) is 4.39 Å². The molecule has 1 amide bonds. The minimum atomic E-state index is -0.224. The van der Waals surface area contributed by atoms with Gasteiger partial charge in [0.2, 0.25) is 0 Å². The molecule has 5 nitrogen and oxygen atoms in total. The minimum absolute atomic E-state index is 0.0590. The van der Waals surface area contributed by atoms with Gasteiger partial charge < -0.3 is 16.0 Å². The number of guanidine groups is 1. The van der Waals surface area contributed by atoms with Gasteiger partial charge in [-0.05, 0) is 48.2 Å². The van der Waals surface area contributed by atoms with Crippen LogP contribution in [0.15, 0.2) is 53.5 Å². The Hall–Kier alpha value is -2.89. The van der Waals surface area contributed by atoms with E-state index in [2.05, 4.69) is 20.9 Å². The van der Waals surface area contributed by atoms with E-state index in [9.17, 15) is 9.18 Å². The van der Waals surface area contributed by atoms with E-state index in [1.165, 1.54) is 12.1 Å². The predicted molar refractivity (Wildman–Crippen MR) is 107 cm³/mol. The van der Waals surface area contributed by atoms with Crippen molar-refractivity contribution in [1.82, 2.24) is 16.0 Å². The zero-order chi connectivity index (χ0) is 19.5. The highest BCUT2D eigenvalue weighted by atomic mass is 19.1. The molecule has 3 N–H and O–H groups in total. The van der Waals surface area contributed by atoms with Gasteiger partial charge in [0.15, 0.2) is 5.96 Å². The summed E-state index contributed by atoms with van der Waals surface area (Å²) in [7, 11) is 1.70. The summed E-state index contributed by atoms with van der Waals surface area (Å²) in [5, 5.41) is 9.31. The molecule has 6 heteroatoms. The van der Waals surface area contributed by atoms with Gasteiger partial charge in [-0.1, -0.05) is 31.2 Å². The van der Waals surface area contributed by atoms with Crippen LogP contribution in [0.5, 0.6) is 0 Å². The first-order chi connectivity index (χ1) is 13.1. The molecule has 0 radical (unpaired) electrons. The number of hydrogen-bond donors (Lipinski definition) is 3. The normalized spacial score (nSPS) is 11.1. The zero-order valence-electron chi connectivity index (χ0n) is 15.9. The van der Waals surface area contributed by atoms with Crippen LogP contribution in [0.25, 0.3) is 0 Å². The van der Waals surface area contributed by atoms with Crippen molar-refractivity contribution in [3.63, 3.8) is 0 Å². The van der Waals surface area contributed by atoms with E-state index in [-0.39, 0.29) is 11.7 Å². The molecule has 0 aliphatic heterocycles. The molecular weight excluding hydrogens is 343 g/mol. The number of halogens is 1. The average Bonchev–Trinajstić information content (AvgIpc) is 2.69. The summed E-state index contributed by atoms with van der Waals surface area (Å²) in [4.78, 5) is 16.2. The quantitative estimate of drug-likeness (QED) is 0.494. The van der Waals surface area contributed by atoms with Gasteiger partial charge in [0, 0.05) is 32.2 Å². The molecule has 2 aromatic rings. The van der Waals surface area contributed by atoms with Crippen LogP contribution in [0.1, 0.15) is 34.8 Å². The lowest BCUT2D eigenvalue weighted by molar-refractivity contribution is 0.0953.